The summed E-state index contributed by atoms with van der Waals surface area (Å²) in [6.07, 6.45) is 9.27. The lowest BCUT2D eigenvalue weighted by molar-refractivity contribution is -0.123. The zero-order chi connectivity index (χ0) is 13.9. The van der Waals surface area contributed by atoms with E-state index < -0.39 is 0 Å². The van der Waals surface area contributed by atoms with Gasteiger partial charge in [-0.15, -0.1) is 0 Å². The minimum Gasteiger partial charge on any atom is -0.352 e. The van der Waals surface area contributed by atoms with Gasteiger partial charge >= 0.3 is 0 Å². The van der Waals surface area contributed by atoms with Crippen molar-refractivity contribution in [3.63, 3.8) is 0 Å². The summed E-state index contributed by atoms with van der Waals surface area (Å²) in [5.41, 5.74) is 5.72. The molecule has 0 aromatic carbocycles. The third kappa shape index (κ3) is 3.17. The van der Waals surface area contributed by atoms with Crippen LogP contribution in [0.5, 0.6) is 0 Å². The van der Waals surface area contributed by atoms with Gasteiger partial charge in [-0.1, -0.05) is 0 Å². The molecule has 114 valence electrons. The van der Waals surface area contributed by atoms with Crippen molar-refractivity contribution < 1.29 is 4.79 Å². The monoisotopic (exact) mass is 279 g/mol. The van der Waals surface area contributed by atoms with Gasteiger partial charge in [-0.3, -0.25) is 9.69 Å². The van der Waals surface area contributed by atoms with Crippen LogP contribution in [0.15, 0.2) is 0 Å². The van der Waals surface area contributed by atoms with Crippen LogP contribution in [0.25, 0.3) is 0 Å². The Morgan fingerprint density at radius 2 is 1.80 bits per heavy atom. The molecule has 1 saturated carbocycles. The van der Waals surface area contributed by atoms with Crippen molar-refractivity contribution >= 4 is 5.91 Å². The number of nitrogens with zero attached hydrogens (tertiary/aromatic N) is 1. The van der Waals surface area contributed by atoms with E-state index in [9.17, 15) is 4.79 Å². The largest absolute Gasteiger partial charge is 0.352 e. The summed E-state index contributed by atoms with van der Waals surface area (Å²) < 4.78 is 0. The molecule has 1 aliphatic carbocycles. The van der Waals surface area contributed by atoms with Crippen molar-refractivity contribution in [1.29, 1.82) is 0 Å². The van der Waals surface area contributed by atoms with Gasteiger partial charge in [-0.25, -0.2) is 0 Å². The molecule has 3 aliphatic rings. The number of nitrogens with one attached hydrogen (secondary N) is 1. The minimum atomic E-state index is 0.292. The zero-order valence-electron chi connectivity index (χ0n) is 12.5. The Kier molecular flexibility index (Phi) is 4.61. The fourth-order valence-corrected chi connectivity index (χ4v) is 4.45. The highest BCUT2D eigenvalue weighted by Gasteiger charge is 2.37. The average molecular weight is 279 g/mol. The lowest BCUT2D eigenvalue weighted by Crippen LogP contribution is -2.43. The van der Waals surface area contributed by atoms with Gasteiger partial charge in [0.15, 0.2) is 0 Å². The molecule has 0 aromatic rings. The summed E-state index contributed by atoms with van der Waals surface area (Å²) >= 11 is 0. The van der Waals surface area contributed by atoms with Crippen molar-refractivity contribution in [3.8, 4) is 0 Å². The number of hydrogen-bond acceptors (Lipinski definition) is 3. The molecule has 2 heterocycles. The smallest absolute Gasteiger partial charge is 0.220 e. The Labute approximate surface area is 122 Å². The van der Waals surface area contributed by atoms with E-state index in [2.05, 4.69) is 10.2 Å². The Balaban J connectivity index is 1.41. The predicted molar refractivity (Wildman–Crippen MR) is 80.3 cm³/mol. The van der Waals surface area contributed by atoms with Crippen LogP contribution in [0.3, 0.4) is 0 Å². The maximum atomic E-state index is 12.3. The lowest BCUT2D eigenvalue weighted by atomic mass is 9.80. The summed E-state index contributed by atoms with van der Waals surface area (Å²) in [4.78, 5) is 14.8. The normalized spacial score (nSPS) is 37.9. The molecule has 0 bridgehead atoms. The first-order chi connectivity index (χ1) is 9.76. The SMILES string of the molecule is NCC1CCC(CC(=O)NC2CCN3CCCC23)CC1. The second-order valence-corrected chi connectivity index (χ2v) is 7.03. The van der Waals surface area contributed by atoms with Crippen LogP contribution in [0, 0.1) is 11.8 Å². The van der Waals surface area contributed by atoms with Gasteiger partial charge in [0.1, 0.15) is 0 Å². The molecular weight excluding hydrogens is 250 g/mol. The fraction of sp³-hybridized carbons (Fsp3) is 0.938. The van der Waals surface area contributed by atoms with E-state index in [1.165, 1.54) is 51.6 Å². The van der Waals surface area contributed by atoms with Gasteiger partial charge < -0.3 is 11.1 Å². The van der Waals surface area contributed by atoms with Gasteiger partial charge in [0.05, 0.1) is 0 Å². The summed E-state index contributed by atoms with van der Waals surface area (Å²) in [5.74, 6) is 1.59. The van der Waals surface area contributed by atoms with Crippen LogP contribution in [0.4, 0.5) is 0 Å². The van der Waals surface area contributed by atoms with Gasteiger partial charge in [-0.2, -0.15) is 0 Å². The second-order valence-electron chi connectivity index (χ2n) is 7.03. The zero-order valence-corrected chi connectivity index (χ0v) is 12.5. The van der Waals surface area contributed by atoms with Crippen LogP contribution < -0.4 is 11.1 Å². The van der Waals surface area contributed by atoms with E-state index in [0.717, 1.165) is 19.4 Å². The second kappa shape index (κ2) is 6.44. The van der Waals surface area contributed by atoms with Crippen molar-refractivity contribution in [2.24, 2.45) is 17.6 Å². The molecule has 4 heteroatoms. The minimum absolute atomic E-state index is 0.292. The van der Waals surface area contributed by atoms with Gasteiger partial charge in [0.2, 0.25) is 5.91 Å². The predicted octanol–water partition coefficient (Wildman–Crippen LogP) is 1.49. The summed E-state index contributed by atoms with van der Waals surface area (Å²) in [6.45, 7) is 3.23. The molecule has 2 aliphatic heterocycles. The molecular formula is C16H29N3O. The Morgan fingerprint density at radius 3 is 2.55 bits per heavy atom. The fourth-order valence-electron chi connectivity index (χ4n) is 4.45. The first-order valence-electron chi connectivity index (χ1n) is 8.49. The lowest BCUT2D eigenvalue weighted by Gasteiger charge is -2.28. The van der Waals surface area contributed by atoms with Crippen LogP contribution in [-0.2, 0) is 4.79 Å². The van der Waals surface area contributed by atoms with E-state index in [0.29, 0.717) is 29.8 Å². The van der Waals surface area contributed by atoms with Gasteiger partial charge in [0.25, 0.3) is 0 Å². The third-order valence-corrected chi connectivity index (χ3v) is 5.73. The molecule has 2 saturated heterocycles. The molecule has 0 radical (unpaired) electrons. The average Bonchev–Trinajstić information content (AvgIpc) is 3.05. The van der Waals surface area contributed by atoms with E-state index >= 15 is 0 Å². The summed E-state index contributed by atoms with van der Waals surface area (Å²) in [5, 5.41) is 3.32. The van der Waals surface area contributed by atoms with Crippen molar-refractivity contribution in [2.75, 3.05) is 19.6 Å². The number of nitrogens with two attached hydrogens (primary N) is 1. The van der Waals surface area contributed by atoms with Crippen LogP contribution in [0.2, 0.25) is 0 Å². The maximum absolute atomic E-state index is 12.3. The van der Waals surface area contributed by atoms with Crippen LogP contribution in [0.1, 0.15) is 51.4 Å². The quantitative estimate of drug-likeness (QED) is 0.820. The molecule has 3 rings (SSSR count). The van der Waals surface area contributed by atoms with Crippen molar-refractivity contribution in [2.45, 2.75) is 63.5 Å². The number of fused-ring (bicyclic) bond motifs is 1. The molecule has 0 aromatic heterocycles. The first kappa shape index (κ1) is 14.3. The van der Waals surface area contributed by atoms with E-state index in [1.54, 1.807) is 0 Å². The molecule has 2 unspecified atom stereocenters. The maximum Gasteiger partial charge on any atom is 0.220 e. The molecule has 4 nitrogen and oxygen atoms in total. The Hall–Kier alpha value is -0.610. The molecule has 0 spiro atoms. The number of amides is 1. The number of carbonyl (C=O) groups excluding carboxylic acids is 1. The highest BCUT2D eigenvalue weighted by atomic mass is 16.1. The number of carbonyl (C=O) groups is 1. The van der Waals surface area contributed by atoms with Crippen molar-refractivity contribution in [3.05, 3.63) is 0 Å². The van der Waals surface area contributed by atoms with Gasteiger partial charge in [-0.05, 0) is 69.9 Å². The summed E-state index contributed by atoms with van der Waals surface area (Å²) in [7, 11) is 0. The highest BCUT2D eigenvalue weighted by molar-refractivity contribution is 5.76. The van der Waals surface area contributed by atoms with Crippen molar-refractivity contribution in [1.82, 2.24) is 10.2 Å². The van der Waals surface area contributed by atoms with E-state index in [4.69, 9.17) is 5.73 Å². The Bertz CT molecular complexity index is 339. The molecule has 3 N–H and O–H groups in total. The summed E-state index contributed by atoms with van der Waals surface area (Å²) in [6, 6.07) is 1.05. The molecule has 20 heavy (non-hydrogen) atoms. The molecule has 1 amide bonds. The number of rotatable bonds is 4. The molecule has 2 atom stereocenters. The van der Waals surface area contributed by atoms with Crippen LogP contribution >= 0.6 is 0 Å². The first-order valence-corrected chi connectivity index (χ1v) is 8.49. The van der Waals surface area contributed by atoms with Gasteiger partial charge in [0, 0.05) is 25.0 Å². The van der Waals surface area contributed by atoms with Crippen LogP contribution in [-0.4, -0.2) is 42.5 Å². The molecule has 3 fully saturated rings. The topological polar surface area (TPSA) is 58.4 Å². The highest BCUT2D eigenvalue weighted by Crippen LogP contribution is 2.31. The third-order valence-electron chi connectivity index (χ3n) is 5.73. The van der Waals surface area contributed by atoms with E-state index in [-0.39, 0.29) is 0 Å². The number of hydrogen-bond donors (Lipinski definition) is 2. The Morgan fingerprint density at radius 1 is 1.05 bits per heavy atom. The standard InChI is InChI=1S/C16H29N3O/c17-11-13-5-3-12(4-6-13)10-16(20)18-14-7-9-19-8-1-2-15(14)19/h12-15H,1-11,17H2,(H,18,20). The van der Waals surface area contributed by atoms with E-state index in [1.807, 2.05) is 0 Å².